The number of carboxylic acid groups (broad SMARTS) is 1. The molecule has 1 unspecified atom stereocenters. The number of carbonyl (C=O) groups excluding carboxylic acids is 2. The number of ether oxygens (including phenoxy) is 1. The van der Waals surface area contributed by atoms with Gasteiger partial charge in [0, 0.05) is 32.2 Å². The van der Waals surface area contributed by atoms with Crippen LogP contribution in [-0.2, 0) is 19.6 Å². The second kappa shape index (κ2) is 10.7. The molecule has 0 radical (unpaired) electrons. The Kier molecular flexibility index (Phi) is 8.72. The maximum Gasteiger partial charge on any atom is 0.327 e. The zero-order chi connectivity index (χ0) is 25.0. The fourth-order valence-corrected chi connectivity index (χ4v) is 4.85. The average Bonchev–Trinajstić information content (AvgIpc) is 2.88. The molecule has 12 heteroatoms. The fraction of sp³-hybridized carbons (Fsp3) is 0.571. The smallest absolute Gasteiger partial charge is 0.327 e. The normalized spacial score (nSPS) is 17.0. The number of hydrogen-bond donors (Lipinski definition) is 1. The number of rotatable bonds is 12. The van der Waals surface area contributed by atoms with Gasteiger partial charge < -0.3 is 14.7 Å². The Morgan fingerprint density at radius 1 is 1.24 bits per heavy atom. The zero-order valence-electron chi connectivity index (χ0n) is 19.2. The topological polar surface area (TPSA) is 125 Å². The Morgan fingerprint density at radius 3 is 2.36 bits per heavy atom. The number of likely N-dealkylation sites (N-methyl/N-ethyl adjacent to an activating group) is 2. The Balaban J connectivity index is 1.88. The summed E-state index contributed by atoms with van der Waals surface area (Å²) in [4.78, 5) is 38.8. The standard InChI is InChI=1S/C21H30ClN3O7S/c1-21(2)19(28)25(20(29)24(21)4)11-5-6-15(18(26)27)14-33(30,31)23(3)12-13-32-17-9-7-16(22)8-10-17/h7-10,15H,5-6,11-14H2,1-4H3,(H,26,27). The van der Waals surface area contributed by atoms with Crippen LogP contribution in [-0.4, -0.2) is 90.6 Å². The van der Waals surface area contributed by atoms with Gasteiger partial charge in [0.25, 0.3) is 5.91 Å². The lowest BCUT2D eigenvalue weighted by Gasteiger charge is -2.22. The summed E-state index contributed by atoms with van der Waals surface area (Å²) in [7, 11) is -0.981. The van der Waals surface area contributed by atoms with E-state index in [1.165, 1.54) is 19.0 Å². The summed E-state index contributed by atoms with van der Waals surface area (Å²) in [6.45, 7) is 3.41. The Morgan fingerprint density at radius 2 is 1.85 bits per heavy atom. The third-order valence-electron chi connectivity index (χ3n) is 5.78. The van der Waals surface area contributed by atoms with Gasteiger partial charge in [0.2, 0.25) is 10.0 Å². The van der Waals surface area contributed by atoms with E-state index in [4.69, 9.17) is 16.3 Å². The number of urea groups is 1. The van der Waals surface area contributed by atoms with Crippen LogP contribution in [0, 0.1) is 5.92 Å². The highest BCUT2D eigenvalue weighted by Crippen LogP contribution is 2.26. The summed E-state index contributed by atoms with van der Waals surface area (Å²) >= 11 is 5.81. The molecule has 1 aromatic carbocycles. The van der Waals surface area contributed by atoms with E-state index in [0.29, 0.717) is 10.8 Å². The van der Waals surface area contributed by atoms with Crippen molar-refractivity contribution in [1.29, 1.82) is 0 Å². The molecule has 2 rings (SSSR count). The molecule has 0 saturated carbocycles. The SMILES string of the molecule is CN1C(=O)N(CCCC(CS(=O)(=O)N(C)CCOc2ccc(Cl)cc2)C(=O)O)C(=O)C1(C)C. The van der Waals surface area contributed by atoms with Gasteiger partial charge in [0.15, 0.2) is 0 Å². The molecule has 0 aliphatic carbocycles. The van der Waals surface area contributed by atoms with Gasteiger partial charge in [-0.1, -0.05) is 11.6 Å². The van der Waals surface area contributed by atoms with E-state index >= 15 is 0 Å². The molecule has 184 valence electrons. The van der Waals surface area contributed by atoms with Crippen molar-refractivity contribution in [3.05, 3.63) is 29.3 Å². The molecular formula is C21H30ClN3O7S. The fourth-order valence-electron chi connectivity index (χ4n) is 3.30. The van der Waals surface area contributed by atoms with E-state index in [0.717, 1.165) is 9.21 Å². The van der Waals surface area contributed by atoms with Gasteiger partial charge in [-0.05, 0) is 51.0 Å². The zero-order valence-corrected chi connectivity index (χ0v) is 20.7. The number of halogens is 1. The first kappa shape index (κ1) is 26.9. The third kappa shape index (κ3) is 6.58. The van der Waals surface area contributed by atoms with Crippen LogP contribution in [0.15, 0.2) is 24.3 Å². The molecule has 1 fully saturated rings. The monoisotopic (exact) mass is 503 g/mol. The van der Waals surface area contributed by atoms with Crippen molar-refractivity contribution in [3.8, 4) is 5.75 Å². The van der Waals surface area contributed by atoms with E-state index in [2.05, 4.69) is 0 Å². The minimum absolute atomic E-state index is 0.00484. The number of hydrogen-bond acceptors (Lipinski definition) is 6. The van der Waals surface area contributed by atoms with Crippen molar-refractivity contribution in [2.45, 2.75) is 32.2 Å². The predicted molar refractivity (Wildman–Crippen MR) is 123 cm³/mol. The number of amides is 3. The molecule has 1 aliphatic heterocycles. The Hall–Kier alpha value is -2.37. The van der Waals surface area contributed by atoms with Crippen LogP contribution >= 0.6 is 11.6 Å². The molecule has 1 aliphatic rings. The van der Waals surface area contributed by atoms with Gasteiger partial charge in [0.1, 0.15) is 17.9 Å². The molecule has 0 bridgehead atoms. The number of nitrogens with zero attached hydrogens (tertiary/aromatic N) is 3. The van der Waals surface area contributed by atoms with Crippen LogP contribution in [0.2, 0.25) is 5.02 Å². The van der Waals surface area contributed by atoms with Crippen molar-refractivity contribution < 1.29 is 32.6 Å². The maximum atomic E-state index is 12.6. The molecule has 0 aromatic heterocycles. The Bertz CT molecular complexity index is 982. The second-order valence-corrected chi connectivity index (χ2v) is 11.0. The first-order chi connectivity index (χ1) is 15.3. The van der Waals surface area contributed by atoms with Gasteiger partial charge >= 0.3 is 12.0 Å². The van der Waals surface area contributed by atoms with Crippen molar-refractivity contribution in [1.82, 2.24) is 14.1 Å². The largest absolute Gasteiger partial charge is 0.492 e. The number of carboxylic acids is 1. The molecule has 1 atom stereocenters. The average molecular weight is 504 g/mol. The molecule has 3 amide bonds. The van der Waals surface area contributed by atoms with Crippen LogP contribution < -0.4 is 4.74 Å². The number of carbonyl (C=O) groups is 3. The second-order valence-electron chi connectivity index (χ2n) is 8.44. The minimum Gasteiger partial charge on any atom is -0.492 e. The van der Waals surface area contributed by atoms with Gasteiger partial charge in [-0.15, -0.1) is 0 Å². The Labute approximate surface area is 199 Å². The van der Waals surface area contributed by atoms with Gasteiger partial charge in [-0.3, -0.25) is 14.5 Å². The molecule has 0 spiro atoms. The van der Waals surface area contributed by atoms with E-state index in [1.807, 2.05) is 0 Å². The van der Waals surface area contributed by atoms with Crippen LogP contribution in [0.3, 0.4) is 0 Å². The van der Waals surface area contributed by atoms with Crippen molar-refractivity contribution in [2.24, 2.45) is 5.92 Å². The highest BCUT2D eigenvalue weighted by atomic mass is 35.5. The summed E-state index contributed by atoms with van der Waals surface area (Å²) in [5, 5.41) is 10.1. The van der Waals surface area contributed by atoms with Crippen molar-refractivity contribution >= 4 is 39.5 Å². The number of imide groups is 1. The molecule has 1 aromatic rings. The van der Waals surface area contributed by atoms with E-state index in [-0.39, 0.29) is 38.4 Å². The molecule has 1 N–H and O–H groups in total. The molecule has 33 heavy (non-hydrogen) atoms. The summed E-state index contributed by atoms with van der Waals surface area (Å²) in [6, 6.07) is 6.16. The van der Waals surface area contributed by atoms with Crippen LogP contribution in [0.4, 0.5) is 4.79 Å². The first-order valence-corrected chi connectivity index (χ1v) is 12.4. The lowest BCUT2D eigenvalue weighted by molar-refractivity contribution is -0.141. The van der Waals surface area contributed by atoms with E-state index < -0.39 is 39.2 Å². The summed E-state index contributed by atoms with van der Waals surface area (Å²) in [6.07, 6.45) is 0.183. The quantitative estimate of drug-likeness (QED) is 0.433. The van der Waals surface area contributed by atoms with Crippen molar-refractivity contribution in [2.75, 3.05) is 39.5 Å². The van der Waals surface area contributed by atoms with Crippen LogP contribution in [0.1, 0.15) is 26.7 Å². The van der Waals surface area contributed by atoms with Crippen LogP contribution in [0.5, 0.6) is 5.75 Å². The number of sulfonamides is 1. The lowest BCUT2D eigenvalue weighted by atomic mass is 10.0. The minimum atomic E-state index is -3.87. The third-order valence-corrected chi connectivity index (χ3v) is 7.99. The van der Waals surface area contributed by atoms with E-state index in [1.54, 1.807) is 38.1 Å². The summed E-state index contributed by atoms with van der Waals surface area (Å²) in [5.41, 5.74) is -0.969. The number of aliphatic carboxylic acids is 1. The highest BCUT2D eigenvalue weighted by Gasteiger charge is 2.48. The predicted octanol–water partition coefficient (Wildman–Crippen LogP) is 2.13. The van der Waals surface area contributed by atoms with Crippen molar-refractivity contribution in [3.63, 3.8) is 0 Å². The lowest BCUT2D eigenvalue weighted by Crippen LogP contribution is -2.41. The molecule has 1 saturated heterocycles. The molecule has 10 nitrogen and oxygen atoms in total. The van der Waals surface area contributed by atoms with Crippen LogP contribution in [0.25, 0.3) is 0 Å². The molecule has 1 heterocycles. The summed E-state index contributed by atoms with van der Waals surface area (Å²) < 4.78 is 31.8. The van der Waals surface area contributed by atoms with Gasteiger partial charge in [0.05, 0.1) is 11.7 Å². The summed E-state index contributed by atoms with van der Waals surface area (Å²) in [5.74, 6) is -2.84. The first-order valence-electron chi connectivity index (χ1n) is 10.4. The van der Waals surface area contributed by atoms with Gasteiger partial charge in [-0.2, -0.15) is 0 Å². The number of benzene rings is 1. The van der Waals surface area contributed by atoms with E-state index in [9.17, 15) is 27.9 Å². The van der Waals surface area contributed by atoms with Gasteiger partial charge in [-0.25, -0.2) is 17.5 Å². The maximum absolute atomic E-state index is 12.6. The molecular weight excluding hydrogens is 474 g/mol. The highest BCUT2D eigenvalue weighted by molar-refractivity contribution is 7.89.